The van der Waals surface area contributed by atoms with Crippen LogP contribution in [0.4, 0.5) is 0 Å². The van der Waals surface area contributed by atoms with Crippen LogP contribution in [0.25, 0.3) is 0 Å². The number of aromatic amines is 1. The Balaban J connectivity index is 1.60. The zero-order chi connectivity index (χ0) is 11.2. The Hall–Kier alpha value is -0.870. The number of aromatic nitrogens is 2. The average Bonchev–Trinajstić information content (AvgIpc) is 2.79. The highest BCUT2D eigenvalue weighted by Crippen LogP contribution is 2.15. The molecule has 1 aromatic rings. The first kappa shape index (κ1) is 11.6. The molecule has 1 fully saturated rings. The van der Waals surface area contributed by atoms with E-state index in [1.165, 1.54) is 25.8 Å². The minimum atomic E-state index is 0.766. The maximum Gasteiger partial charge on any atom is 0.0490 e. The Morgan fingerprint density at radius 3 is 3.25 bits per heavy atom. The minimum absolute atomic E-state index is 0.766. The summed E-state index contributed by atoms with van der Waals surface area (Å²) in [6.45, 7) is 6.72. The topological polar surface area (TPSA) is 44.0 Å². The van der Waals surface area contributed by atoms with Gasteiger partial charge >= 0.3 is 0 Å². The van der Waals surface area contributed by atoms with Gasteiger partial charge in [-0.05, 0) is 32.4 Å². The van der Waals surface area contributed by atoms with Crippen molar-refractivity contribution >= 4 is 0 Å². The zero-order valence-corrected chi connectivity index (χ0v) is 10.1. The zero-order valence-electron chi connectivity index (χ0n) is 10.1. The van der Waals surface area contributed by atoms with E-state index in [0.717, 1.165) is 31.4 Å². The lowest BCUT2D eigenvalue weighted by Gasteiger charge is -2.33. The largest absolute Gasteiger partial charge is 0.310 e. The number of hydrogen-bond donors (Lipinski definition) is 2. The van der Waals surface area contributed by atoms with Crippen LogP contribution >= 0.6 is 0 Å². The molecule has 1 saturated heterocycles. The second-order valence-corrected chi connectivity index (χ2v) is 4.64. The molecule has 1 unspecified atom stereocenters. The molecule has 2 rings (SSSR count). The molecule has 4 heteroatoms. The summed E-state index contributed by atoms with van der Waals surface area (Å²) in [5.74, 6) is 0. The summed E-state index contributed by atoms with van der Waals surface area (Å²) in [5, 5.41) is 10.3. The van der Waals surface area contributed by atoms with Crippen LogP contribution in [0.1, 0.15) is 31.9 Å². The number of piperidine rings is 1. The molecule has 1 aromatic heterocycles. The van der Waals surface area contributed by atoms with Crippen molar-refractivity contribution in [3.63, 3.8) is 0 Å². The van der Waals surface area contributed by atoms with E-state index in [1.54, 1.807) is 6.20 Å². The quantitative estimate of drug-likeness (QED) is 0.740. The molecule has 16 heavy (non-hydrogen) atoms. The molecule has 0 saturated carbocycles. The van der Waals surface area contributed by atoms with Crippen molar-refractivity contribution in [1.82, 2.24) is 20.4 Å². The lowest BCUT2D eigenvalue weighted by Crippen LogP contribution is -2.41. The van der Waals surface area contributed by atoms with E-state index in [2.05, 4.69) is 27.3 Å². The van der Waals surface area contributed by atoms with E-state index >= 15 is 0 Å². The normalized spacial score (nSPS) is 22.4. The third-order valence-electron chi connectivity index (χ3n) is 3.39. The first-order chi connectivity index (χ1) is 7.86. The highest BCUT2D eigenvalue weighted by molar-refractivity contribution is 4.96. The monoisotopic (exact) mass is 222 g/mol. The van der Waals surface area contributed by atoms with Crippen molar-refractivity contribution < 1.29 is 0 Å². The maximum absolute atomic E-state index is 3.93. The van der Waals surface area contributed by atoms with E-state index in [-0.39, 0.29) is 0 Å². The van der Waals surface area contributed by atoms with Gasteiger partial charge in [-0.25, -0.2) is 0 Å². The van der Waals surface area contributed by atoms with Gasteiger partial charge in [-0.15, -0.1) is 0 Å². The number of H-pyrrole nitrogens is 1. The van der Waals surface area contributed by atoms with Crippen LogP contribution in [0.5, 0.6) is 0 Å². The molecule has 0 radical (unpaired) electrons. The van der Waals surface area contributed by atoms with Crippen LogP contribution in [0.2, 0.25) is 0 Å². The lowest BCUT2D eigenvalue weighted by atomic mass is 10.0. The predicted octanol–water partition coefficient (Wildman–Crippen LogP) is 1.37. The molecule has 0 aliphatic carbocycles. The van der Waals surface area contributed by atoms with Crippen molar-refractivity contribution in [2.75, 3.05) is 19.6 Å². The standard InChI is InChI=1S/C12H22N4/c1-11-4-2-3-8-16(11)9-7-13-10-12-5-6-14-15-12/h5-6,11,13H,2-4,7-10H2,1H3,(H,14,15). The summed E-state index contributed by atoms with van der Waals surface area (Å²) in [4.78, 5) is 2.59. The van der Waals surface area contributed by atoms with Crippen LogP contribution in [0, 0.1) is 0 Å². The van der Waals surface area contributed by atoms with Gasteiger partial charge in [0, 0.05) is 37.6 Å². The number of nitrogens with zero attached hydrogens (tertiary/aromatic N) is 2. The fourth-order valence-corrected chi connectivity index (χ4v) is 2.32. The van der Waals surface area contributed by atoms with E-state index in [4.69, 9.17) is 0 Å². The van der Waals surface area contributed by atoms with E-state index in [1.807, 2.05) is 6.07 Å². The molecule has 1 aliphatic heterocycles. The number of rotatable bonds is 5. The summed E-state index contributed by atoms with van der Waals surface area (Å²) in [5.41, 5.74) is 1.16. The number of hydrogen-bond acceptors (Lipinski definition) is 3. The fourth-order valence-electron chi connectivity index (χ4n) is 2.32. The molecule has 2 N–H and O–H groups in total. The fraction of sp³-hybridized carbons (Fsp3) is 0.750. The Bertz CT molecular complexity index is 283. The van der Waals surface area contributed by atoms with Crippen molar-refractivity contribution in [3.8, 4) is 0 Å². The van der Waals surface area contributed by atoms with Crippen LogP contribution in [0.3, 0.4) is 0 Å². The third kappa shape index (κ3) is 3.32. The molecule has 2 heterocycles. The molecular formula is C12H22N4. The van der Waals surface area contributed by atoms with Gasteiger partial charge < -0.3 is 5.32 Å². The highest BCUT2D eigenvalue weighted by atomic mass is 15.2. The molecule has 0 spiro atoms. The first-order valence-corrected chi connectivity index (χ1v) is 6.29. The molecule has 4 nitrogen and oxygen atoms in total. The SMILES string of the molecule is CC1CCCCN1CCNCc1ccn[nH]1. The van der Waals surface area contributed by atoms with E-state index in [9.17, 15) is 0 Å². The van der Waals surface area contributed by atoms with Gasteiger partial charge in [0.05, 0.1) is 0 Å². The lowest BCUT2D eigenvalue weighted by molar-refractivity contribution is 0.161. The van der Waals surface area contributed by atoms with Crippen molar-refractivity contribution in [1.29, 1.82) is 0 Å². The number of nitrogens with one attached hydrogen (secondary N) is 2. The summed E-state index contributed by atoms with van der Waals surface area (Å²) in [7, 11) is 0. The average molecular weight is 222 g/mol. The molecule has 0 amide bonds. The van der Waals surface area contributed by atoms with E-state index in [0.29, 0.717) is 0 Å². The molecule has 1 aliphatic rings. The van der Waals surface area contributed by atoms with Gasteiger partial charge in [-0.2, -0.15) is 5.10 Å². The van der Waals surface area contributed by atoms with Crippen molar-refractivity contribution in [3.05, 3.63) is 18.0 Å². The Kier molecular flexibility index (Phi) is 4.36. The van der Waals surface area contributed by atoms with Crippen molar-refractivity contribution in [2.24, 2.45) is 0 Å². The van der Waals surface area contributed by atoms with Gasteiger partial charge in [0.1, 0.15) is 0 Å². The van der Waals surface area contributed by atoms with Gasteiger partial charge in [0.2, 0.25) is 0 Å². The predicted molar refractivity (Wildman–Crippen MR) is 65.2 cm³/mol. The Morgan fingerprint density at radius 2 is 2.50 bits per heavy atom. The minimum Gasteiger partial charge on any atom is -0.310 e. The van der Waals surface area contributed by atoms with Crippen LogP contribution in [-0.4, -0.2) is 40.8 Å². The van der Waals surface area contributed by atoms with Crippen molar-refractivity contribution in [2.45, 2.75) is 38.8 Å². The highest BCUT2D eigenvalue weighted by Gasteiger charge is 2.16. The van der Waals surface area contributed by atoms with E-state index < -0.39 is 0 Å². The van der Waals surface area contributed by atoms with Gasteiger partial charge in [-0.1, -0.05) is 6.42 Å². The van der Waals surface area contributed by atoms with Crippen LogP contribution in [0.15, 0.2) is 12.3 Å². The Morgan fingerprint density at radius 1 is 1.56 bits per heavy atom. The summed E-state index contributed by atoms with van der Waals surface area (Å²) < 4.78 is 0. The van der Waals surface area contributed by atoms with Crippen LogP contribution in [-0.2, 0) is 6.54 Å². The Labute approximate surface area is 97.4 Å². The second-order valence-electron chi connectivity index (χ2n) is 4.64. The first-order valence-electron chi connectivity index (χ1n) is 6.29. The third-order valence-corrected chi connectivity index (χ3v) is 3.39. The smallest absolute Gasteiger partial charge is 0.0490 e. The number of likely N-dealkylation sites (tertiary alicyclic amines) is 1. The molecule has 90 valence electrons. The molecular weight excluding hydrogens is 200 g/mol. The molecule has 1 atom stereocenters. The summed E-state index contributed by atoms with van der Waals surface area (Å²) in [6.07, 6.45) is 5.92. The van der Waals surface area contributed by atoms with Gasteiger partial charge in [-0.3, -0.25) is 10.00 Å². The molecule has 0 aromatic carbocycles. The van der Waals surface area contributed by atoms with Crippen LogP contribution < -0.4 is 5.32 Å². The second kappa shape index (κ2) is 6.01. The summed E-state index contributed by atoms with van der Waals surface area (Å²) in [6, 6.07) is 2.78. The summed E-state index contributed by atoms with van der Waals surface area (Å²) >= 11 is 0. The van der Waals surface area contributed by atoms with Gasteiger partial charge in [0.25, 0.3) is 0 Å². The molecule has 0 bridgehead atoms. The maximum atomic E-state index is 3.93. The van der Waals surface area contributed by atoms with Gasteiger partial charge in [0.15, 0.2) is 0 Å².